The monoisotopic (exact) mass is 324 g/mol. The fourth-order valence-electron chi connectivity index (χ4n) is 5.91. The van der Waals surface area contributed by atoms with Crippen LogP contribution in [0.25, 0.3) is 10.9 Å². The van der Waals surface area contributed by atoms with E-state index in [0.29, 0.717) is 0 Å². The number of methoxy groups -OCH3 is 1. The molecule has 1 N–H and O–H groups in total. The lowest BCUT2D eigenvalue weighted by atomic mass is 9.82. The molecule has 3 unspecified atom stereocenters. The van der Waals surface area contributed by atoms with Crippen LogP contribution in [0.2, 0.25) is 0 Å². The Balaban J connectivity index is 1.63. The van der Waals surface area contributed by atoms with E-state index in [-0.39, 0.29) is 0 Å². The minimum absolute atomic E-state index is 0.718. The first-order valence-electron chi connectivity index (χ1n) is 9.69. The van der Waals surface area contributed by atoms with Crippen molar-refractivity contribution in [3.05, 3.63) is 29.5 Å². The number of H-pyrrole nitrogens is 1. The maximum Gasteiger partial charge on any atom is 0.119 e. The Morgan fingerprint density at radius 3 is 3.00 bits per heavy atom. The molecule has 4 bridgehead atoms. The van der Waals surface area contributed by atoms with Gasteiger partial charge in [0.05, 0.1) is 7.11 Å². The molecule has 3 heteroatoms. The fourth-order valence-corrected chi connectivity index (χ4v) is 5.91. The topological polar surface area (TPSA) is 28.3 Å². The Bertz CT molecular complexity index is 765. The Morgan fingerprint density at radius 2 is 2.17 bits per heavy atom. The van der Waals surface area contributed by atoms with Gasteiger partial charge in [-0.3, -0.25) is 4.90 Å². The van der Waals surface area contributed by atoms with Gasteiger partial charge in [-0.15, -0.1) is 0 Å². The molecular formula is C21H28N2O. The number of ether oxygens (including phenoxy) is 1. The number of fused-ring (bicyclic) bond motifs is 4. The van der Waals surface area contributed by atoms with Crippen LogP contribution in [0.5, 0.6) is 5.75 Å². The summed E-state index contributed by atoms with van der Waals surface area (Å²) in [6.07, 6.45) is 6.71. The van der Waals surface area contributed by atoms with Crippen LogP contribution < -0.4 is 4.74 Å². The van der Waals surface area contributed by atoms with E-state index < -0.39 is 0 Å². The highest BCUT2D eigenvalue weighted by Gasteiger charge is 2.43. The molecule has 4 aliphatic rings. The summed E-state index contributed by atoms with van der Waals surface area (Å²) in [5.74, 6) is 3.50. The lowest BCUT2D eigenvalue weighted by molar-refractivity contribution is 0.0683. The highest BCUT2D eigenvalue weighted by molar-refractivity contribution is 5.86. The zero-order valence-corrected chi connectivity index (χ0v) is 14.8. The van der Waals surface area contributed by atoms with Gasteiger partial charge in [0.15, 0.2) is 0 Å². The van der Waals surface area contributed by atoms with Crippen LogP contribution >= 0.6 is 0 Å². The zero-order valence-electron chi connectivity index (χ0n) is 14.8. The molecule has 1 aromatic carbocycles. The molecule has 2 saturated heterocycles. The van der Waals surface area contributed by atoms with E-state index in [1.807, 2.05) is 0 Å². The number of aromatic amines is 1. The Labute approximate surface area is 144 Å². The van der Waals surface area contributed by atoms with Gasteiger partial charge in [-0.2, -0.15) is 0 Å². The van der Waals surface area contributed by atoms with E-state index in [4.69, 9.17) is 4.74 Å². The van der Waals surface area contributed by atoms with Gasteiger partial charge in [0.2, 0.25) is 0 Å². The first-order chi connectivity index (χ1) is 11.8. The average Bonchev–Trinajstić information content (AvgIpc) is 2.75. The van der Waals surface area contributed by atoms with Crippen molar-refractivity contribution in [3.63, 3.8) is 0 Å². The van der Waals surface area contributed by atoms with E-state index in [0.717, 1.165) is 29.5 Å². The lowest BCUT2D eigenvalue weighted by Crippen LogP contribution is -2.47. The number of nitrogens with one attached hydrogen (secondary N) is 1. The number of aromatic nitrogens is 1. The fraction of sp³-hybridized carbons (Fsp3) is 0.619. The molecule has 1 aromatic heterocycles. The SMILES string of the molecule is CC[C@H]1CC2C[C@@H]3CC1N(CCc1c3[nH]c3ccc(OC)cc13)C2. The number of nitrogens with zero attached hydrogens (tertiary/aromatic N) is 1. The summed E-state index contributed by atoms with van der Waals surface area (Å²) in [5.41, 5.74) is 4.40. The van der Waals surface area contributed by atoms with Crippen LogP contribution in [0.1, 0.15) is 49.8 Å². The first-order valence-corrected chi connectivity index (χ1v) is 9.69. The summed E-state index contributed by atoms with van der Waals surface area (Å²) < 4.78 is 5.47. The molecule has 5 atom stereocenters. The van der Waals surface area contributed by atoms with E-state index >= 15 is 0 Å². The Kier molecular flexibility index (Phi) is 3.41. The average molecular weight is 324 g/mol. The van der Waals surface area contributed by atoms with Gasteiger partial charge in [-0.05, 0) is 61.3 Å². The molecule has 1 aliphatic carbocycles. The molecule has 4 heterocycles. The standard InChI is InChI=1S/C21H28N2O/c1-3-14-8-13-9-15-10-20(14)23(12-13)7-6-17-18-11-16(24-2)4-5-19(18)22-21(15)17/h4-5,11,13-15,20,22H,3,6-10,12H2,1-2H3/t13?,14-,15+,20?/m0/s1. The van der Waals surface area contributed by atoms with Gasteiger partial charge in [-0.1, -0.05) is 13.3 Å². The Morgan fingerprint density at radius 1 is 1.25 bits per heavy atom. The van der Waals surface area contributed by atoms with Crippen LogP contribution in [-0.2, 0) is 6.42 Å². The zero-order chi connectivity index (χ0) is 16.3. The maximum atomic E-state index is 5.47. The summed E-state index contributed by atoms with van der Waals surface area (Å²) in [4.78, 5) is 6.65. The molecule has 128 valence electrons. The van der Waals surface area contributed by atoms with E-state index in [2.05, 4.69) is 35.0 Å². The van der Waals surface area contributed by atoms with Crippen LogP contribution in [0.3, 0.4) is 0 Å². The highest BCUT2D eigenvalue weighted by Crippen LogP contribution is 2.47. The number of benzene rings is 1. The third kappa shape index (κ3) is 2.13. The molecule has 2 aromatic rings. The van der Waals surface area contributed by atoms with Crippen LogP contribution in [0.15, 0.2) is 18.2 Å². The van der Waals surface area contributed by atoms with Gasteiger partial charge in [0, 0.05) is 41.6 Å². The normalized spacial score (nSPS) is 34.7. The van der Waals surface area contributed by atoms with Gasteiger partial charge >= 0.3 is 0 Å². The van der Waals surface area contributed by atoms with Crippen molar-refractivity contribution in [3.8, 4) is 5.75 Å². The summed E-state index contributed by atoms with van der Waals surface area (Å²) >= 11 is 0. The van der Waals surface area contributed by atoms with E-state index in [9.17, 15) is 0 Å². The molecular weight excluding hydrogens is 296 g/mol. The summed E-state index contributed by atoms with van der Waals surface area (Å²) in [7, 11) is 1.76. The van der Waals surface area contributed by atoms with E-state index in [1.54, 1.807) is 18.4 Å². The smallest absolute Gasteiger partial charge is 0.119 e. The molecule has 0 spiro atoms. The van der Waals surface area contributed by atoms with Crippen LogP contribution in [0, 0.1) is 11.8 Å². The number of piperidine rings is 1. The summed E-state index contributed by atoms with van der Waals surface area (Å²) in [6.45, 7) is 4.95. The van der Waals surface area contributed by atoms with Crippen molar-refractivity contribution in [1.29, 1.82) is 0 Å². The third-order valence-electron chi connectivity index (χ3n) is 7.01. The van der Waals surface area contributed by atoms with Crippen LogP contribution in [0.4, 0.5) is 0 Å². The molecule has 3 aliphatic heterocycles. The predicted molar refractivity (Wildman–Crippen MR) is 97.8 cm³/mol. The lowest BCUT2D eigenvalue weighted by Gasteiger charge is -2.42. The highest BCUT2D eigenvalue weighted by atomic mass is 16.5. The number of rotatable bonds is 2. The second kappa shape index (κ2) is 5.52. The largest absolute Gasteiger partial charge is 0.497 e. The predicted octanol–water partition coefficient (Wildman–Crippen LogP) is 4.33. The third-order valence-corrected chi connectivity index (χ3v) is 7.01. The van der Waals surface area contributed by atoms with Gasteiger partial charge < -0.3 is 9.72 Å². The summed E-state index contributed by atoms with van der Waals surface area (Å²) in [5, 5.41) is 1.39. The second-order valence-corrected chi connectivity index (χ2v) is 8.18. The maximum absolute atomic E-state index is 5.47. The van der Waals surface area contributed by atoms with Crippen LogP contribution in [-0.4, -0.2) is 36.1 Å². The van der Waals surface area contributed by atoms with Crippen molar-refractivity contribution in [1.82, 2.24) is 9.88 Å². The Hall–Kier alpha value is -1.48. The van der Waals surface area contributed by atoms with Gasteiger partial charge in [0.1, 0.15) is 5.75 Å². The van der Waals surface area contributed by atoms with Crippen molar-refractivity contribution < 1.29 is 4.74 Å². The van der Waals surface area contributed by atoms with Gasteiger partial charge in [0.25, 0.3) is 0 Å². The van der Waals surface area contributed by atoms with Crippen molar-refractivity contribution >= 4 is 10.9 Å². The summed E-state index contributed by atoms with van der Waals surface area (Å²) in [6, 6.07) is 7.32. The molecule has 3 fully saturated rings. The first kappa shape index (κ1) is 14.8. The minimum Gasteiger partial charge on any atom is -0.497 e. The molecule has 24 heavy (non-hydrogen) atoms. The second-order valence-electron chi connectivity index (χ2n) is 8.18. The quantitative estimate of drug-likeness (QED) is 0.891. The number of hydrogen-bond donors (Lipinski definition) is 1. The van der Waals surface area contributed by atoms with Crippen molar-refractivity contribution in [2.24, 2.45) is 11.8 Å². The molecule has 0 radical (unpaired) electrons. The minimum atomic E-state index is 0.718. The van der Waals surface area contributed by atoms with E-state index in [1.165, 1.54) is 56.1 Å². The number of hydrogen-bond acceptors (Lipinski definition) is 2. The van der Waals surface area contributed by atoms with Crippen molar-refractivity contribution in [2.75, 3.05) is 20.2 Å². The van der Waals surface area contributed by atoms with Crippen molar-refractivity contribution in [2.45, 2.75) is 51.0 Å². The molecule has 6 rings (SSSR count). The molecule has 3 nitrogen and oxygen atoms in total. The van der Waals surface area contributed by atoms with Gasteiger partial charge in [-0.25, -0.2) is 0 Å². The molecule has 1 saturated carbocycles. The molecule has 0 amide bonds.